The molecule has 8 heteroatoms. The Morgan fingerprint density at radius 3 is 2.33 bits per heavy atom. The van der Waals surface area contributed by atoms with Gasteiger partial charge < -0.3 is 20.0 Å². The Bertz CT molecular complexity index is 1040. The highest BCUT2D eigenvalue weighted by Crippen LogP contribution is 2.33. The summed E-state index contributed by atoms with van der Waals surface area (Å²) in [7, 11) is 2.19. The van der Waals surface area contributed by atoms with Crippen molar-refractivity contribution < 1.29 is 24.2 Å². The van der Waals surface area contributed by atoms with Crippen LogP contribution in [0.1, 0.15) is 17.5 Å². The molecule has 174 valence electrons. The van der Waals surface area contributed by atoms with Gasteiger partial charge in [-0.05, 0) is 53.8 Å². The van der Waals surface area contributed by atoms with Crippen LogP contribution in [0, 0.1) is 5.95 Å². The number of nitrogens with zero attached hydrogens (tertiary/aromatic N) is 3. The molecule has 0 radical (unpaired) electrons. The average Bonchev–Trinajstić information content (AvgIpc) is 3.20. The SMILES string of the molecule is CN1CCN(CCC2=CCc3cc(-c4ccnc(F)c4)ccc32)CC1.O=C(O)C=CC(=O)O. The minimum absolute atomic E-state index is 0.427. The molecule has 7 nitrogen and oxygen atoms in total. The lowest BCUT2D eigenvalue weighted by Crippen LogP contribution is -2.44. The second kappa shape index (κ2) is 11.5. The largest absolute Gasteiger partial charge is 0.478 e. The van der Waals surface area contributed by atoms with Crippen LogP contribution >= 0.6 is 0 Å². The molecular weight excluding hydrogens is 425 g/mol. The fraction of sp³-hybridized carbons (Fsp3) is 0.320. The summed E-state index contributed by atoms with van der Waals surface area (Å²) in [6, 6.07) is 9.86. The molecule has 1 aliphatic carbocycles. The van der Waals surface area contributed by atoms with Crippen molar-refractivity contribution in [2.75, 3.05) is 39.8 Å². The third-order valence-electron chi connectivity index (χ3n) is 5.74. The first kappa shape index (κ1) is 24.3. The van der Waals surface area contributed by atoms with Crippen molar-refractivity contribution in [3.05, 3.63) is 71.8 Å². The van der Waals surface area contributed by atoms with Crippen LogP contribution in [-0.4, -0.2) is 76.7 Å². The quantitative estimate of drug-likeness (QED) is 0.513. The van der Waals surface area contributed by atoms with Crippen LogP contribution in [0.2, 0.25) is 0 Å². The van der Waals surface area contributed by atoms with Crippen LogP contribution in [0.5, 0.6) is 0 Å². The Labute approximate surface area is 192 Å². The van der Waals surface area contributed by atoms with Crippen LogP contribution in [0.15, 0.2) is 54.8 Å². The lowest BCUT2D eigenvalue weighted by Gasteiger charge is -2.32. The van der Waals surface area contributed by atoms with E-state index in [0.29, 0.717) is 12.2 Å². The van der Waals surface area contributed by atoms with Gasteiger partial charge in [-0.3, -0.25) is 0 Å². The minimum Gasteiger partial charge on any atom is -0.478 e. The number of pyridine rings is 1. The fourth-order valence-corrected chi connectivity index (χ4v) is 3.91. The molecule has 1 aromatic carbocycles. The fourth-order valence-electron chi connectivity index (χ4n) is 3.91. The van der Waals surface area contributed by atoms with Gasteiger partial charge in [0, 0.05) is 57.1 Å². The molecule has 0 bridgehead atoms. The number of rotatable bonds is 6. The van der Waals surface area contributed by atoms with Gasteiger partial charge in [0.2, 0.25) is 5.95 Å². The molecule has 1 aromatic heterocycles. The molecule has 33 heavy (non-hydrogen) atoms. The molecule has 2 aliphatic rings. The average molecular weight is 454 g/mol. The highest BCUT2D eigenvalue weighted by molar-refractivity contribution is 5.89. The first-order chi connectivity index (χ1) is 15.8. The molecule has 0 spiro atoms. The summed E-state index contributed by atoms with van der Waals surface area (Å²) in [4.78, 5) is 27.7. The van der Waals surface area contributed by atoms with Crippen molar-refractivity contribution in [2.24, 2.45) is 0 Å². The zero-order valence-electron chi connectivity index (χ0n) is 18.6. The van der Waals surface area contributed by atoms with E-state index in [9.17, 15) is 14.0 Å². The molecule has 2 N–H and O–H groups in total. The number of fused-ring (bicyclic) bond motifs is 1. The number of likely N-dealkylation sites (N-methyl/N-ethyl adjacent to an activating group) is 1. The van der Waals surface area contributed by atoms with Crippen molar-refractivity contribution in [1.29, 1.82) is 0 Å². The Balaban J connectivity index is 0.000000331. The second-order valence-corrected chi connectivity index (χ2v) is 8.08. The molecule has 1 saturated heterocycles. The third kappa shape index (κ3) is 7.34. The predicted octanol–water partition coefficient (Wildman–Crippen LogP) is 3.18. The number of hydrogen-bond acceptors (Lipinski definition) is 5. The molecule has 1 fully saturated rings. The van der Waals surface area contributed by atoms with E-state index in [1.54, 1.807) is 0 Å². The van der Waals surface area contributed by atoms with E-state index < -0.39 is 17.9 Å². The standard InChI is InChI=1S/C21H24FN3.C4H4O4/c1-24-10-12-25(13-11-24)9-7-16-2-3-19-14-17(4-5-20(16)19)18-6-8-23-21(22)15-18;5-3(6)1-2-4(7)8/h2,4-6,8,14-15H,3,7,9-13H2,1H3;1-2H,(H,5,6)(H,7,8). The van der Waals surface area contributed by atoms with Crippen LogP contribution in [-0.2, 0) is 16.0 Å². The highest BCUT2D eigenvalue weighted by Gasteiger charge is 2.18. The second-order valence-electron chi connectivity index (χ2n) is 8.08. The summed E-state index contributed by atoms with van der Waals surface area (Å²) in [5.74, 6) is -2.94. The number of halogens is 1. The van der Waals surface area contributed by atoms with Gasteiger partial charge in [-0.25, -0.2) is 14.6 Å². The molecule has 1 aliphatic heterocycles. The smallest absolute Gasteiger partial charge is 0.328 e. The van der Waals surface area contributed by atoms with E-state index in [2.05, 4.69) is 46.1 Å². The summed E-state index contributed by atoms with van der Waals surface area (Å²) < 4.78 is 13.4. The van der Waals surface area contributed by atoms with E-state index in [-0.39, 0.29) is 0 Å². The van der Waals surface area contributed by atoms with Gasteiger partial charge in [-0.2, -0.15) is 4.39 Å². The van der Waals surface area contributed by atoms with Crippen molar-refractivity contribution in [1.82, 2.24) is 14.8 Å². The predicted molar refractivity (Wildman–Crippen MR) is 124 cm³/mol. The van der Waals surface area contributed by atoms with E-state index in [1.165, 1.54) is 55.1 Å². The molecule has 0 unspecified atom stereocenters. The Morgan fingerprint density at radius 1 is 1.03 bits per heavy atom. The molecule has 4 rings (SSSR count). The van der Waals surface area contributed by atoms with E-state index in [1.807, 2.05) is 6.07 Å². The van der Waals surface area contributed by atoms with Crippen molar-refractivity contribution in [3.8, 4) is 11.1 Å². The summed E-state index contributed by atoms with van der Waals surface area (Å²) in [6.07, 6.45) is 7.09. The normalized spacial score (nSPS) is 16.1. The van der Waals surface area contributed by atoms with E-state index >= 15 is 0 Å². The number of aliphatic carboxylic acids is 2. The van der Waals surface area contributed by atoms with Gasteiger partial charge in [-0.1, -0.05) is 24.3 Å². The maximum Gasteiger partial charge on any atom is 0.328 e. The monoisotopic (exact) mass is 453 g/mol. The third-order valence-corrected chi connectivity index (χ3v) is 5.74. The Morgan fingerprint density at radius 2 is 1.70 bits per heavy atom. The van der Waals surface area contributed by atoms with Gasteiger partial charge in [0.25, 0.3) is 0 Å². The topological polar surface area (TPSA) is 94.0 Å². The Hall–Kier alpha value is -3.36. The number of carbonyl (C=O) groups is 2. The van der Waals surface area contributed by atoms with Gasteiger partial charge in [0.05, 0.1) is 0 Å². The summed E-state index contributed by atoms with van der Waals surface area (Å²) in [6.45, 7) is 5.81. The minimum atomic E-state index is -1.26. The molecule has 2 aromatic rings. The molecule has 0 amide bonds. The molecular formula is C25H28FN3O4. The number of allylic oxidation sites excluding steroid dienone is 1. The van der Waals surface area contributed by atoms with E-state index in [0.717, 1.165) is 30.5 Å². The maximum atomic E-state index is 13.4. The number of piperazine rings is 1. The van der Waals surface area contributed by atoms with Gasteiger partial charge in [0.1, 0.15) is 0 Å². The number of carboxylic acid groups (broad SMARTS) is 2. The number of aromatic nitrogens is 1. The van der Waals surface area contributed by atoms with Crippen LogP contribution in [0.3, 0.4) is 0 Å². The maximum absolute atomic E-state index is 13.4. The van der Waals surface area contributed by atoms with Crippen LogP contribution in [0.4, 0.5) is 4.39 Å². The van der Waals surface area contributed by atoms with E-state index in [4.69, 9.17) is 10.2 Å². The highest BCUT2D eigenvalue weighted by atomic mass is 19.1. The number of benzene rings is 1. The van der Waals surface area contributed by atoms with Crippen molar-refractivity contribution in [3.63, 3.8) is 0 Å². The van der Waals surface area contributed by atoms with Gasteiger partial charge >= 0.3 is 11.9 Å². The van der Waals surface area contributed by atoms with Crippen LogP contribution in [0.25, 0.3) is 16.7 Å². The number of hydrogen-bond donors (Lipinski definition) is 2. The molecule has 2 heterocycles. The first-order valence-electron chi connectivity index (χ1n) is 10.8. The Kier molecular flexibility index (Phi) is 8.46. The van der Waals surface area contributed by atoms with Crippen LogP contribution < -0.4 is 0 Å². The summed E-state index contributed by atoms with van der Waals surface area (Å²) >= 11 is 0. The van der Waals surface area contributed by atoms with Crippen molar-refractivity contribution >= 4 is 17.5 Å². The summed E-state index contributed by atoms with van der Waals surface area (Å²) in [5.41, 5.74) is 6.13. The lowest BCUT2D eigenvalue weighted by atomic mass is 9.98. The lowest BCUT2D eigenvalue weighted by molar-refractivity contribution is -0.134. The molecule has 0 saturated carbocycles. The first-order valence-corrected chi connectivity index (χ1v) is 10.8. The summed E-state index contributed by atoms with van der Waals surface area (Å²) in [5, 5.41) is 15.6. The number of carboxylic acids is 2. The molecule has 0 atom stereocenters. The zero-order valence-corrected chi connectivity index (χ0v) is 18.6. The van der Waals surface area contributed by atoms with Crippen molar-refractivity contribution in [2.45, 2.75) is 12.8 Å². The van der Waals surface area contributed by atoms with Gasteiger partial charge in [-0.15, -0.1) is 0 Å². The zero-order chi connectivity index (χ0) is 23.8. The van der Waals surface area contributed by atoms with Gasteiger partial charge in [0.15, 0.2) is 0 Å².